The predicted octanol–water partition coefficient (Wildman–Crippen LogP) is 3.63. The minimum atomic E-state index is -4.56. The zero-order valence-electron chi connectivity index (χ0n) is 12.8. The molecule has 128 valence electrons. The molecule has 0 radical (unpaired) electrons. The number of anilines is 1. The number of benzene rings is 1. The molecule has 0 spiro atoms. The number of carbonyl (C=O) groups excluding carboxylic acids is 2. The smallest absolute Gasteiger partial charge is 0.355 e. The van der Waals surface area contributed by atoms with Gasteiger partial charge < -0.3 is 10.2 Å². The summed E-state index contributed by atoms with van der Waals surface area (Å²) in [5.41, 5.74) is -1.07. The van der Waals surface area contributed by atoms with Gasteiger partial charge >= 0.3 is 6.18 Å². The van der Waals surface area contributed by atoms with Crippen LogP contribution in [-0.4, -0.2) is 24.9 Å². The second kappa shape index (κ2) is 8.19. The Morgan fingerprint density at radius 3 is 2.48 bits per heavy atom. The molecule has 1 rings (SSSR count). The second-order valence-electron chi connectivity index (χ2n) is 4.97. The van der Waals surface area contributed by atoms with Crippen molar-refractivity contribution in [3.63, 3.8) is 0 Å². The molecule has 0 aromatic heterocycles. The number of nitrogens with zero attached hydrogens (tertiary/aromatic N) is 1. The summed E-state index contributed by atoms with van der Waals surface area (Å²) in [6.07, 6.45) is -2.91. The van der Waals surface area contributed by atoms with Crippen molar-refractivity contribution in [2.24, 2.45) is 0 Å². The van der Waals surface area contributed by atoms with E-state index in [0.29, 0.717) is 6.54 Å². The molecule has 0 aliphatic carbocycles. The number of nitrogens with one attached hydrogen (secondary N) is 1. The molecule has 0 heterocycles. The van der Waals surface area contributed by atoms with Gasteiger partial charge in [-0.05, 0) is 24.6 Å². The van der Waals surface area contributed by atoms with Crippen molar-refractivity contribution in [1.29, 1.82) is 0 Å². The third-order valence-electron chi connectivity index (χ3n) is 3.10. The molecule has 8 heteroatoms. The van der Waals surface area contributed by atoms with Crippen LogP contribution in [0.5, 0.6) is 0 Å². The molecule has 23 heavy (non-hydrogen) atoms. The van der Waals surface area contributed by atoms with E-state index in [4.69, 9.17) is 11.6 Å². The van der Waals surface area contributed by atoms with Crippen molar-refractivity contribution in [1.82, 2.24) is 5.32 Å². The number of halogens is 4. The van der Waals surface area contributed by atoms with E-state index in [1.54, 1.807) is 0 Å². The average Bonchev–Trinajstić information content (AvgIpc) is 2.44. The first kappa shape index (κ1) is 19.3. The van der Waals surface area contributed by atoms with Crippen molar-refractivity contribution < 1.29 is 22.8 Å². The molecule has 4 nitrogen and oxygen atoms in total. The fraction of sp³-hybridized carbons (Fsp3) is 0.467. The van der Waals surface area contributed by atoms with Crippen LogP contribution >= 0.6 is 11.6 Å². The summed E-state index contributed by atoms with van der Waals surface area (Å²) in [7, 11) is 0. The predicted molar refractivity (Wildman–Crippen MR) is 82.4 cm³/mol. The van der Waals surface area contributed by atoms with Crippen LogP contribution in [0.1, 0.15) is 32.3 Å². The summed E-state index contributed by atoms with van der Waals surface area (Å²) in [5, 5.41) is 2.57. The number of amides is 2. The van der Waals surface area contributed by atoms with E-state index in [9.17, 15) is 22.8 Å². The summed E-state index contributed by atoms with van der Waals surface area (Å²) in [4.78, 5) is 24.5. The Kier molecular flexibility index (Phi) is 6.87. The lowest BCUT2D eigenvalue weighted by Gasteiger charge is -2.23. The number of rotatable bonds is 6. The average molecular weight is 351 g/mol. The number of hydrogen-bond acceptors (Lipinski definition) is 2. The lowest BCUT2D eigenvalue weighted by Crippen LogP contribution is -2.40. The molecule has 1 aromatic carbocycles. The SMILES string of the molecule is CCCCNC(=O)CN(C(C)=O)c1cc(C(F)(F)F)ccc1Cl. The van der Waals surface area contributed by atoms with Gasteiger partial charge in [-0.25, -0.2) is 0 Å². The Labute approximate surface area is 137 Å². The quantitative estimate of drug-likeness (QED) is 0.796. The first-order chi connectivity index (χ1) is 10.7. The molecule has 0 aliphatic rings. The molecule has 0 bridgehead atoms. The Balaban J connectivity index is 3.02. The molecular formula is C15H18ClF3N2O2. The molecule has 0 aliphatic heterocycles. The monoisotopic (exact) mass is 350 g/mol. The van der Waals surface area contributed by atoms with Crippen LogP contribution in [0.2, 0.25) is 5.02 Å². The molecule has 0 saturated carbocycles. The van der Waals surface area contributed by atoms with Gasteiger partial charge in [0.15, 0.2) is 0 Å². The Morgan fingerprint density at radius 1 is 1.30 bits per heavy atom. The van der Waals surface area contributed by atoms with E-state index in [1.807, 2.05) is 6.92 Å². The Hall–Kier alpha value is -1.76. The first-order valence-electron chi connectivity index (χ1n) is 7.08. The van der Waals surface area contributed by atoms with Crippen molar-refractivity contribution in [3.05, 3.63) is 28.8 Å². The fourth-order valence-corrected chi connectivity index (χ4v) is 2.09. The van der Waals surface area contributed by atoms with Crippen LogP contribution in [0.25, 0.3) is 0 Å². The van der Waals surface area contributed by atoms with Crippen LogP contribution in [0.3, 0.4) is 0 Å². The lowest BCUT2D eigenvalue weighted by molar-refractivity contribution is -0.137. The van der Waals surface area contributed by atoms with Crippen molar-refractivity contribution in [2.75, 3.05) is 18.0 Å². The minimum absolute atomic E-state index is 0.0328. The fourth-order valence-electron chi connectivity index (χ4n) is 1.87. The highest BCUT2D eigenvalue weighted by molar-refractivity contribution is 6.34. The number of carbonyl (C=O) groups is 2. The van der Waals surface area contributed by atoms with Gasteiger partial charge in [0.2, 0.25) is 11.8 Å². The summed E-state index contributed by atoms with van der Waals surface area (Å²) < 4.78 is 38.4. The molecular weight excluding hydrogens is 333 g/mol. The number of alkyl halides is 3. The third-order valence-corrected chi connectivity index (χ3v) is 3.42. The highest BCUT2D eigenvalue weighted by Gasteiger charge is 2.32. The molecule has 0 unspecified atom stereocenters. The lowest BCUT2D eigenvalue weighted by atomic mass is 10.1. The van der Waals surface area contributed by atoms with Gasteiger partial charge in [-0.15, -0.1) is 0 Å². The first-order valence-corrected chi connectivity index (χ1v) is 7.46. The van der Waals surface area contributed by atoms with Crippen molar-refractivity contribution in [2.45, 2.75) is 32.9 Å². The zero-order chi connectivity index (χ0) is 17.6. The number of hydrogen-bond donors (Lipinski definition) is 1. The van der Waals surface area contributed by atoms with Gasteiger partial charge in [0.25, 0.3) is 0 Å². The summed E-state index contributed by atoms with van der Waals surface area (Å²) >= 11 is 5.90. The van der Waals surface area contributed by atoms with Crippen LogP contribution < -0.4 is 10.2 Å². The highest BCUT2D eigenvalue weighted by Crippen LogP contribution is 2.35. The van der Waals surface area contributed by atoms with E-state index in [2.05, 4.69) is 5.32 Å². The maximum atomic E-state index is 12.8. The third kappa shape index (κ3) is 5.74. The minimum Gasteiger partial charge on any atom is -0.355 e. The Bertz CT molecular complexity index is 576. The van der Waals surface area contributed by atoms with Crippen LogP contribution in [0.15, 0.2) is 18.2 Å². The highest BCUT2D eigenvalue weighted by atomic mass is 35.5. The van der Waals surface area contributed by atoms with Gasteiger partial charge in [0, 0.05) is 13.5 Å². The molecule has 1 aromatic rings. The maximum absolute atomic E-state index is 12.8. The molecule has 2 amide bonds. The van der Waals surface area contributed by atoms with E-state index in [1.165, 1.54) is 0 Å². The number of unbranched alkanes of at least 4 members (excludes halogenated alkanes) is 1. The van der Waals surface area contributed by atoms with Crippen LogP contribution in [0.4, 0.5) is 18.9 Å². The molecule has 0 saturated heterocycles. The topological polar surface area (TPSA) is 49.4 Å². The van der Waals surface area contributed by atoms with Crippen LogP contribution in [-0.2, 0) is 15.8 Å². The molecule has 0 atom stereocenters. The van der Waals surface area contributed by atoms with Crippen molar-refractivity contribution >= 4 is 29.1 Å². The summed E-state index contributed by atoms with van der Waals surface area (Å²) in [6.45, 7) is 3.17. The summed E-state index contributed by atoms with van der Waals surface area (Å²) in [6, 6.07) is 2.65. The van der Waals surface area contributed by atoms with E-state index >= 15 is 0 Å². The van der Waals surface area contributed by atoms with Gasteiger partial charge in [-0.1, -0.05) is 24.9 Å². The molecule has 1 N–H and O–H groups in total. The van der Waals surface area contributed by atoms with Crippen molar-refractivity contribution in [3.8, 4) is 0 Å². The van der Waals surface area contributed by atoms with Crippen LogP contribution in [0, 0.1) is 0 Å². The summed E-state index contributed by atoms with van der Waals surface area (Å²) in [5.74, 6) is -1.03. The van der Waals surface area contributed by atoms with E-state index < -0.39 is 23.6 Å². The molecule has 0 fully saturated rings. The Morgan fingerprint density at radius 2 is 1.96 bits per heavy atom. The van der Waals surface area contributed by atoms with E-state index in [-0.39, 0.29) is 17.3 Å². The second-order valence-corrected chi connectivity index (χ2v) is 5.38. The standard InChI is InChI=1S/C15H18ClF3N2O2/c1-3-4-7-20-14(23)9-21(10(2)22)13-8-11(15(17,18)19)5-6-12(13)16/h5-6,8H,3-4,7,9H2,1-2H3,(H,20,23). The zero-order valence-corrected chi connectivity index (χ0v) is 13.6. The van der Waals surface area contributed by atoms with Gasteiger partial charge in [0.1, 0.15) is 6.54 Å². The van der Waals surface area contributed by atoms with Gasteiger partial charge in [-0.3, -0.25) is 9.59 Å². The van der Waals surface area contributed by atoms with E-state index in [0.717, 1.165) is 42.9 Å². The largest absolute Gasteiger partial charge is 0.416 e. The van der Waals surface area contributed by atoms with Gasteiger partial charge in [-0.2, -0.15) is 13.2 Å². The van der Waals surface area contributed by atoms with Gasteiger partial charge in [0.05, 0.1) is 16.3 Å². The maximum Gasteiger partial charge on any atom is 0.416 e. The normalized spacial score (nSPS) is 11.2.